The van der Waals surface area contributed by atoms with Gasteiger partial charge in [0.15, 0.2) is 0 Å². The second kappa shape index (κ2) is 7.81. The molecule has 1 fully saturated rings. The molecule has 2 atom stereocenters. The van der Waals surface area contributed by atoms with E-state index in [2.05, 4.69) is 18.2 Å². The Morgan fingerprint density at radius 1 is 1.16 bits per heavy atom. The summed E-state index contributed by atoms with van der Waals surface area (Å²) in [6.45, 7) is 3.40. The van der Waals surface area contributed by atoms with Crippen LogP contribution in [0.4, 0.5) is 0 Å². The van der Waals surface area contributed by atoms with E-state index in [0.717, 1.165) is 12.0 Å². The van der Waals surface area contributed by atoms with Gasteiger partial charge >= 0.3 is 0 Å². The topological polar surface area (TPSA) is 44.1 Å². The minimum Gasteiger partial charge on any atom is -0.337 e. The van der Waals surface area contributed by atoms with Gasteiger partial charge in [-0.1, -0.05) is 73.7 Å². The number of nitrogens with zero attached hydrogens (tertiary/aromatic N) is 2. The summed E-state index contributed by atoms with van der Waals surface area (Å²) in [6, 6.07) is 22.3. The summed E-state index contributed by atoms with van der Waals surface area (Å²) in [5.41, 5.74) is 2.61. The van der Waals surface area contributed by atoms with Crippen LogP contribution in [-0.2, 0) is 4.79 Å². The van der Waals surface area contributed by atoms with Crippen molar-refractivity contribution in [1.29, 1.82) is 5.26 Å². The number of hydrogen-bond acceptors (Lipinski definition) is 2. The standard InChI is InChI=1S/C22H22N2O/c1-17(18-8-4-2-5-9-18)14-21(15-23)22(25)24-13-12-20(16-24)19-10-6-3-7-11-19/h2-11,14,17,20H,12-13,16H2,1H3/b21-14+/t17-,20+/m0/s1. The van der Waals surface area contributed by atoms with Gasteiger partial charge in [-0.05, 0) is 17.5 Å². The predicted molar refractivity (Wildman–Crippen MR) is 98.9 cm³/mol. The van der Waals surface area contributed by atoms with Gasteiger partial charge in [-0.25, -0.2) is 0 Å². The molecule has 126 valence electrons. The van der Waals surface area contributed by atoms with Crippen LogP contribution >= 0.6 is 0 Å². The van der Waals surface area contributed by atoms with Crippen LogP contribution in [0.2, 0.25) is 0 Å². The summed E-state index contributed by atoms with van der Waals surface area (Å²) < 4.78 is 0. The van der Waals surface area contributed by atoms with Crippen molar-refractivity contribution in [2.45, 2.75) is 25.2 Å². The molecule has 1 aliphatic heterocycles. The molecule has 3 heteroatoms. The molecule has 0 bridgehead atoms. The molecule has 1 amide bonds. The Labute approximate surface area is 149 Å². The Hall–Kier alpha value is -2.86. The van der Waals surface area contributed by atoms with E-state index in [1.165, 1.54) is 5.56 Å². The Balaban J connectivity index is 1.71. The molecule has 2 aromatic rings. The lowest BCUT2D eigenvalue weighted by molar-refractivity contribution is -0.125. The third-order valence-corrected chi connectivity index (χ3v) is 4.84. The molecule has 1 saturated heterocycles. The average Bonchev–Trinajstić information content (AvgIpc) is 3.17. The highest BCUT2D eigenvalue weighted by atomic mass is 16.2. The lowest BCUT2D eigenvalue weighted by Gasteiger charge is -2.17. The van der Waals surface area contributed by atoms with Crippen LogP contribution in [0.25, 0.3) is 0 Å². The van der Waals surface area contributed by atoms with Gasteiger partial charge in [-0.3, -0.25) is 4.79 Å². The molecular weight excluding hydrogens is 308 g/mol. The number of rotatable bonds is 4. The maximum Gasteiger partial charge on any atom is 0.264 e. The van der Waals surface area contributed by atoms with Crippen molar-refractivity contribution in [3.8, 4) is 6.07 Å². The summed E-state index contributed by atoms with van der Waals surface area (Å²) in [5.74, 6) is 0.243. The van der Waals surface area contributed by atoms with Crippen LogP contribution in [0.5, 0.6) is 0 Å². The zero-order valence-electron chi connectivity index (χ0n) is 14.4. The monoisotopic (exact) mass is 330 g/mol. The molecule has 0 unspecified atom stereocenters. The Kier molecular flexibility index (Phi) is 5.30. The highest BCUT2D eigenvalue weighted by Gasteiger charge is 2.29. The fourth-order valence-electron chi connectivity index (χ4n) is 3.37. The van der Waals surface area contributed by atoms with Gasteiger partial charge in [0.1, 0.15) is 11.6 Å². The van der Waals surface area contributed by atoms with Crippen molar-refractivity contribution >= 4 is 5.91 Å². The average molecular weight is 330 g/mol. The van der Waals surface area contributed by atoms with E-state index < -0.39 is 0 Å². The molecule has 0 aromatic heterocycles. The van der Waals surface area contributed by atoms with Crippen LogP contribution in [-0.4, -0.2) is 23.9 Å². The van der Waals surface area contributed by atoms with Gasteiger partial charge < -0.3 is 4.90 Å². The molecule has 1 aliphatic rings. The normalized spacial score (nSPS) is 18.6. The second-order valence-electron chi connectivity index (χ2n) is 6.54. The minimum absolute atomic E-state index is 0.0346. The predicted octanol–water partition coefficient (Wildman–Crippen LogP) is 4.26. The van der Waals surface area contributed by atoms with E-state index in [4.69, 9.17) is 0 Å². The number of benzene rings is 2. The molecule has 0 N–H and O–H groups in total. The first kappa shape index (κ1) is 17.0. The van der Waals surface area contributed by atoms with Crippen molar-refractivity contribution in [2.24, 2.45) is 0 Å². The molecule has 25 heavy (non-hydrogen) atoms. The number of carbonyl (C=O) groups excluding carboxylic acids is 1. The van der Waals surface area contributed by atoms with E-state index in [0.29, 0.717) is 19.0 Å². The van der Waals surface area contributed by atoms with Crippen LogP contribution < -0.4 is 0 Å². The number of amides is 1. The van der Waals surface area contributed by atoms with E-state index in [9.17, 15) is 10.1 Å². The molecule has 3 rings (SSSR count). The zero-order valence-corrected chi connectivity index (χ0v) is 14.4. The largest absolute Gasteiger partial charge is 0.337 e. The van der Waals surface area contributed by atoms with Gasteiger partial charge in [-0.2, -0.15) is 5.26 Å². The van der Waals surface area contributed by atoms with Gasteiger partial charge in [-0.15, -0.1) is 0 Å². The Morgan fingerprint density at radius 2 is 1.80 bits per heavy atom. The van der Waals surface area contributed by atoms with Crippen LogP contribution in [0.1, 0.15) is 36.3 Å². The van der Waals surface area contributed by atoms with Crippen molar-refractivity contribution in [2.75, 3.05) is 13.1 Å². The number of likely N-dealkylation sites (tertiary alicyclic amines) is 1. The summed E-state index contributed by atoms with van der Waals surface area (Å²) in [7, 11) is 0. The molecule has 0 spiro atoms. The number of carbonyl (C=O) groups is 1. The molecule has 0 radical (unpaired) electrons. The fraction of sp³-hybridized carbons (Fsp3) is 0.273. The van der Waals surface area contributed by atoms with Gasteiger partial charge in [0.2, 0.25) is 0 Å². The van der Waals surface area contributed by atoms with Crippen molar-refractivity contribution in [1.82, 2.24) is 4.90 Å². The first-order valence-electron chi connectivity index (χ1n) is 8.70. The maximum absolute atomic E-state index is 12.8. The second-order valence-corrected chi connectivity index (χ2v) is 6.54. The van der Waals surface area contributed by atoms with Crippen molar-refractivity contribution < 1.29 is 4.79 Å². The quantitative estimate of drug-likeness (QED) is 0.621. The Bertz CT molecular complexity index is 790. The van der Waals surface area contributed by atoms with Crippen molar-refractivity contribution in [3.05, 3.63) is 83.4 Å². The van der Waals surface area contributed by atoms with E-state index >= 15 is 0 Å². The van der Waals surface area contributed by atoms with Gasteiger partial charge in [0.25, 0.3) is 5.91 Å². The molecule has 0 saturated carbocycles. The van der Waals surface area contributed by atoms with E-state index in [1.54, 1.807) is 6.08 Å². The van der Waals surface area contributed by atoms with Gasteiger partial charge in [0, 0.05) is 24.9 Å². The van der Waals surface area contributed by atoms with Crippen molar-refractivity contribution in [3.63, 3.8) is 0 Å². The summed E-state index contributed by atoms with van der Waals surface area (Å²) in [5, 5.41) is 9.47. The first-order chi connectivity index (χ1) is 12.2. The lowest BCUT2D eigenvalue weighted by Crippen LogP contribution is -2.29. The summed E-state index contributed by atoms with van der Waals surface area (Å²) in [4.78, 5) is 14.6. The van der Waals surface area contributed by atoms with Crippen LogP contribution in [0, 0.1) is 11.3 Å². The smallest absolute Gasteiger partial charge is 0.264 e. The minimum atomic E-state index is -0.149. The molecule has 0 aliphatic carbocycles. The number of allylic oxidation sites excluding steroid dienone is 1. The SMILES string of the molecule is C[C@@H](/C=C(\C#N)C(=O)N1CC[C@@H](c2ccccc2)C1)c1ccccc1. The third kappa shape index (κ3) is 3.97. The third-order valence-electron chi connectivity index (χ3n) is 4.84. The van der Waals surface area contributed by atoms with E-state index in [1.807, 2.05) is 60.4 Å². The highest BCUT2D eigenvalue weighted by molar-refractivity contribution is 5.97. The molecule has 1 heterocycles. The van der Waals surface area contributed by atoms with Crippen LogP contribution in [0.15, 0.2) is 72.3 Å². The van der Waals surface area contributed by atoms with Crippen LogP contribution in [0.3, 0.4) is 0 Å². The maximum atomic E-state index is 12.8. The summed E-state index contributed by atoms with van der Waals surface area (Å²) >= 11 is 0. The highest BCUT2D eigenvalue weighted by Crippen LogP contribution is 2.28. The molecule has 3 nitrogen and oxygen atoms in total. The molecule has 2 aromatic carbocycles. The first-order valence-corrected chi connectivity index (χ1v) is 8.70. The molecular formula is C22H22N2O. The lowest BCUT2D eigenvalue weighted by atomic mass is 9.98. The fourth-order valence-corrected chi connectivity index (χ4v) is 3.37. The Morgan fingerprint density at radius 3 is 2.44 bits per heavy atom. The number of hydrogen-bond donors (Lipinski definition) is 0. The van der Waals surface area contributed by atoms with Gasteiger partial charge in [0.05, 0.1) is 0 Å². The summed E-state index contributed by atoms with van der Waals surface area (Å²) in [6.07, 6.45) is 2.73. The zero-order chi connectivity index (χ0) is 17.6. The number of nitriles is 1. The van der Waals surface area contributed by atoms with E-state index in [-0.39, 0.29) is 17.4 Å².